The van der Waals surface area contributed by atoms with E-state index in [1.807, 2.05) is 13.0 Å². The molecule has 106 valence electrons. The van der Waals surface area contributed by atoms with E-state index in [-0.39, 0.29) is 11.7 Å². The van der Waals surface area contributed by atoms with Crippen molar-refractivity contribution < 1.29 is 9.53 Å². The lowest BCUT2D eigenvalue weighted by molar-refractivity contribution is 0.103. The average Bonchev–Trinajstić information content (AvgIpc) is 2.82. The van der Waals surface area contributed by atoms with Crippen LogP contribution in [0.2, 0.25) is 0 Å². The van der Waals surface area contributed by atoms with Crippen LogP contribution in [0.5, 0.6) is 5.75 Å². The van der Waals surface area contributed by atoms with Gasteiger partial charge in [-0.25, -0.2) is 4.98 Å². The highest BCUT2D eigenvalue weighted by Crippen LogP contribution is 2.27. The minimum atomic E-state index is -0.269. The summed E-state index contributed by atoms with van der Waals surface area (Å²) in [6, 6.07) is 5.44. The fourth-order valence-electron chi connectivity index (χ4n) is 1.68. The third-order valence-corrected chi connectivity index (χ3v) is 3.84. The number of benzene rings is 1. The standard InChI is InChI=1S/C13H16N4O2S/c1-7-6-8(19-3)4-5-9(7)16-12(18)10-11(14)17-13(15-2)20-10/h4-6H,14H2,1-3H3,(H,15,17)(H,16,18). The molecule has 0 saturated carbocycles. The van der Waals surface area contributed by atoms with Crippen molar-refractivity contribution in [3.8, 4) is 5.75 Å². The van der Waals surface area contributed by atoms with Crippen molar-refractivity contribution in [2.45, 2.75) is 6.92 Å². The van der Waals surface area contributed by atoms with Crippen molar-refractivity contribution in [1.82, 2.24) is 4.98 Å². The molecule has 20 heavy (non-hydrogen) atoms. The molecule has 1 aromatic heterocycles. The lowest BCUT2D eigenvalue weighted by Crippen LogP contribution is -2.13. The molecule has 1 amide bonds. The Morgan fingerprint density at radius 2 is 2.20 bits per heavy atom. The molecule has 0 saturated heterocycles. The summed E-state index contributed by atoms with van der Waals surface area (Å²) in [5.41, 5.74) is 7.36. The third kappa shape index (κ3) is 2.83. The maximum Gasteiger partial charge on any atom is 0.269 e. The summed E-state index contributed by atoms with van der Waals surface area (Å²) in [5.74, 6) is 0.702. The van der Waals surface area contributed by atoms with Gasteiger partial charge >= 0.3 is 0 Å². The number of nitrogens with two attached hydrogens (primary N) is 1. The van der Waals surface area contributed by atoms with Crippen molar-refractivity contribution >= 4 is 33.9 Å². The molecule has 0 spiro atoms. The number of hydrogen-bond acceptors (Lipinski definition) is 6. The van der Waals surface area contributed by atoms with E-state index in [1.165, 1.54) is 11.3 Å². The maximum atomic E-state index is 12.2. The fraction of sp³-hybridized carbons (Fsp3) is 0.231. The van der Waals surface area contributed by atoms with Gasteiger partial charge in [-0.15, -0.1) is 0 Å². The monoisotopic (exact) mass is 292 g/mol. The first-order valence-corrected chi connectivity index (χ1v) is 6.77. The first kappa shape index (κ1) is 14.1. The number of methoxy groups -OCH3 is 1. The summed E-state index contributed by atoms with van der Waals surface area (Å²) in [5, 5.41) is 6.30. The van der Waals surface area contributed by atoms with E-state index in [4.69, 9.17) is 10.5 Å². The van der Waals surface area contributed by atoms with Crippen LogP contribution >= 0.6 is 11.3 Å². The quantitative estimate of drug-likeness (QED) is 0.805. The molecule has 0 aliphatic carbocycles. The van der Waals surface area contributed by atoms with Crippen LogP contribution in [0, 0.1) is 6.92 Å². The number of thiazole rings is 1. The Balaban J connectivity index is 2.21. The van der Waals surface area contributed by atoms with E-state index in [1.54, 1.807) is 26.3 Å². The summed E-state index contributed by atoms with van der Waals surface area (Å²) in [6.45, 7) is 1.90. The Kier molecular flexibility index (Phi) is 4.09. The van der Waals surface area contributed by atoms with E-state index in [0.717, 1.165) is 17.0 Å². The summed E-state index contributed by atoms with van der Waals surface area (Å²) in [7, 11) is 3.33. The molecule has 1 aromatic carbocycles. The Bertz CT molecular complexity index is 639. The molecule has 0 radical (unpaired) electrons. The lowest BCUT2D eigenvalue weighted by Gasteiger charge is -2.09. The van der Waals surface area contributed by atoms with Crippen LogP contribution in [0.15, 0.2) is 18.2 Å². The normalized spacial score (nSPS) is 10.2. The SMILES string of the molecule is CNc1nc(N)c(C(=O)Nc2ccc(OC)cc2C)s1. The van der Waals surface area contributed by atoms with Gasteiger partial charge < -0.3 is 21.1 Å². The van der Waals surface area contributed by atoms with E-state index in [2.05, 4.69) is 15.6 Å². The number of amides is 1. The summed E-state index contributed by atoms with van der Waals surface area (Å²) >= 11 is 1.22. The third-order valence-electron chi connectivity index (χ3n) is 2.76. The molecular formula is C13H16N4O2S. The number of aryl methyl sites for hydroxylation is 1. The number of nitrogens with one attached hydrogen (secondary N) is 2. The smallest absolute Gasteiger partial charge is 0.269 e. The molecule has 0 fully saturated rings. The van der Waals surface area contributed by atoms with E-state index >= 15 is 0 Å². The zero-order chi connectivity index (χ0) is 14.7. The van der Waals surface area contributed by atoms with Crippen LogP contribution in [0.25, 0.3) is 0 Å². The highest BCUT2D eigenvalue weighted by molar-refractivity contribution is 7.18. The molecule has 2 rings (SSSR count). The van der Waals surface area contributed by atoms with Crippen LogP contribution < -0.4 is 21.1 Å². The number of aromatic nitrogens is 1. The van der Waals surface area contributed by atoms with E-state index < -0.39 is 0 Å². The highest BCUT2D eigenvalue weighted by Gasteiger charge is 2.16. The summed E-state index contributed by atoms with van der Waals surface area (Å²) < 4.78 is 5.13. The molecule has 2 aromatic rings. The van der Waals surface area contributed by atoms with E-state index in [9.17, 15) is 4.79 Å². The Morgan fingerprint density at radius 3 is 2.75 bits per heavy atom. The summed E-state index contributed by atoms with van der Waals surface area (Å²) in [4.78, 5) is 16.6. The largest absolute Gasteiger partial charge is 0.497 e. The second-order valence-electron chi connectivity index (χ2n) is 4.12. The van der Waals surface area contributed by atoms with E-state index in [0.29, 0.717) is 10.0 Å². The Hall–Kier alpha value is -2.28. The highest BCUT2D eigenvalue weighted by atomic mass is 32.1. The van der Waals surface area contributed by atoms with Gasteiger partial charge in [0.25, 0.3) is 5.91 Å². The molecule has 6 nitrogen and oxygen atoms in total. The van der Waals surface area contributed by atoms with Crippen LogP contribution in [-0.2, 0) is 0 Å². The summed E-state index contributed by atoms with van der Waals surface area (Å²) in [6.07, 6.45) is 0. The van der Waals surface area contributed by atoms with Gasteiger partial charge in [-0.05, 0) is 30.7 Å². The second-order valence-corrected chi connectivity index (χ2v) is 5.12. The van der Waals surface area contributed by atoms with Gasteiger partial charge in [0.15, 0.2) is 5.13 Å². The lowest BCUT2D eigenvalue weighted by atomic mass is 10.2. The zero-order valence-electron chi connectivity index (χ0n) is 11.5. The maximum absolute atomic E-state index is 12.2. The molecule has 7 heteroatoms. The first-order chi connectivity index (χ1) is 9.55. The average molecular weight is 292 g/mol. The van der Waals surface area contributed by atoms with Gasteiger partial charge in [-0.3, -0.25) is 4.79 Å². The van der Waals surface area contributed by atoms with Gasteiger partial charge in [-0.1, -0.05) is 11.3 Å². The number of anilines is 3. The zero-order valence-corrected chi connectivity index (χ0v) is 12.3. The first-order valence-electron chi connectivity index (χ1n) is 5.95. The number of carbonyl (C=O) groups is 1. The van der Waals surface area contributed by atoms with Crippen molar-refractivity contribution in [2.75, 3.05) is 30.5 Å². The van der Waals surface area contributed by atoms with Crippen LogP contribution in [0.1, 0.15) is 15.2 Å². The van der Waals surface area contributed by atoms with Crippen LogP contribution in [0.4, 0.5) is 16.6 Å². The number of rotatable bonds is 4. The van der Waals surface area contributed by atoms with Gasteiger partial charge in [0.05, 0.1) is 7.11 Å². The minimum absolute atomic E-state index is 0.225. The molecule has 0 bridgehead atoms. The van der Waals surface area contributed by atoms with Crippen molar-refractivity contribution in [2.24, 2.45) is 0 Å². The molecule has 4 N–H and O–H groups in total. The molecule has 0 aliphatic heterocycles. The fourth-order valence-corrected chi connectivity index (χ4v) is 2.42. The molecule has 0 aliphatic rings. The van der Waals surface area contributed by atoms with Crippen molar-refractivity contribution in [1.29, 1.82) is 0 Å². The molecule has 1 heterocycles. The van der Waals surface area contributed by atoms with Crippen LogP contribution in [0.3, 0.4) is 0 Å². The molecular weight excluding hydrogens is 276 g/mol. The second kappa shape index (κ2) is 5.79. The predicted molar refractivity (Wildman–Crippen MR) is 81.8 cm³/mol. The van der Waals surface area contributed by atoms with Gasteiger partial charge in [0.2, 0.25) is 0 Å². The predicted octanol–water partition coefficient (Wildman–Crippen LogP) is 2.34. The number of ether oxygens (including phenoxy) is 1. The number of carbonyl (C=O) groups excluding carboxylic acids is 1. The van der Waals surface area contributed by atoms with Crippen molar-refractivity contribution in [3.05, 3.63) is 28.6 Å². The van der Waals surface area contributed by atoms with Crippen LogP contribution in [-0.4, -0.2) is 25.0 Å². The number of nitrogen functional groups attached to an aromatic ring is 1. The minimum Gasteiger partial charge on any atom is -0.497 e. The Labute approximate surface area is 121 Å². The Morgan fingerprint density at radius 1 is 1.45 bits per heavy atom. The van der Waals surface area contributed by atoms with Crippen molar-refractivity contribution in [3.63, 3.8) is 0 Å². The molecule has 0 atom stereocenters. The topological polar surface area (TPSA) is 89.3 Å². The van der Waals surface area contributed by atoms with Gasteiger partial charge in [0, 0.05) is 12.7 Å². The molecule has 0 unspecified atom stereocenters. The number of nitrogens with zero attached hydrogens (tertiary/aromatic N) is 1. The van der Waals surface area contributed by atoms with Gasteiger partial charge in [-0.2, -0.15) is 0 Å². The number of hydrogen-bond donors (Lipinski definition) is 3. The van der Waals surface area contributed by atoms with Gasteiger partial charge in [0.1, 0.15) is 16.4 Å².